The van der Waals surface area contributed by atoms with E-state index in [1.807, 2.05) is 65.5 Å². The van der Waals surface area contributed by atoms with Crippen molar-refractivity contribution in [2.75, 3.05) is 37.6 Å². The number of nitrogens with one attached hydrogen (secondary N) is 1. The van der Waals surface area contributed by atoms with Gasteiger partial charge >= 0.3 is 0 Å². The molecule has 0 bridgehead atoms. The molecule has 0 spiro atoms. The second-order valence-electron chi connectivity index (χ2n) is 7.22. The number of hydrogen-bond acceptors (Lipinski definition) is 4. The third-order valence-electron chi connectivity index (χ3n) is 5.19. The minimum atomic E-state index is 0. The second-order valence-corrected chi connectivity index (χ2v) is 7.22. The number of aromatic nitrogens is 2. The molecule has 7 nitrogen and oxygen atoms in total. The summed E-state index contributed by atoms with van der Waals surface area (Å²) in [6.45, 7) is 6.79. The summed E-state index contributed by atoms with van der Waals surface area (Å²) in [4.78, 5) is 9.31. The number of piperazine rings is 1. The van der Waals surface area contributed by atoms with Gasteiger partial charge in [0.2, 0.25) is 0 Å². The molecule has 0 radical (unpaired) electrons. The van der Waals surface area contributed by atoms with E-state index in [2.05, 4.69) is 27.1 Å². The molecule has 31 heavy (non-hydrogen) atoms. The van der Waals surface area contributed by atoms with Gasteiger partial charge in [0.1, 0.15) is 5.75 Å². The first-order valence-corrected chi connectivity index (χ1v) is 10.4. The number of phenols is 1. The normalized spacial score (nSPS) is 14.3. The Labute approximate surface area is 200 Å². The number of guanidine groups is 1. The average molecular weight is 532 g/mol. The Balaban J connectivity index is 0.00000272. The van der Waals surface area contributed by atoms with Gasteiger partial charge in [-0.15, -0.1) is 24.0 Å². The fraction of sp³-hybridized carbons (Fsp3) is 0.304. The van der Waals surface area contributed by atoms with Crippen molar-refractivity contribution in [1.82, 2.24) is 20.0 Å². The highest BCUT2D eigenvalue weighted by molar-refractivity contribution is 14.0. The van der Waals surface area contributed by atoms with Crippen LogP contribution in [0.1, 0.15) is 12.6 Å². The maximum atomic E-state index is 10.1. The van der Waals surface area contributed by atoms with Gasteiger partial charge in [-0.1, -0.05) is 30.3 Å². The van der Waals surface area contributed by atoms with Crippen molar-refractivity contribution in [3.05, 3.63) is 72.6 Å². The van der Waals surface area contributed by atoms with Crippen molar-refractivity contribution in [3.63, 3.8) is 0 Å². The lowest BCUT2D eigenvalue weighted by Gasteiger charge is -2.37. The van der Waals surface area contributed by atoms with Crippen LogP contribution < -0.4 is 10.2 Å². The van der Waals surface area contributed by atoms with E-state index in [9.17, 15) is 5.11 Å². The molecule has 2 aromatic carbocycles. The summed E-state index contributed by atoms with van der Waals surface area (Å²) in [5, 5.41) is 18.2. The molecule has 2 N–H and O–H groups in total. The van der Waals surface area contributed by atoms with Crippen LogP contribution in [-0.4, -0.2) is 58.5 Å². The first-order valence-electron chi connectivity index (χ1n) is 10.4. The van der Waals surface area contributed by atoms with Crippen LogP contribution in [0.3, 0.4) is 0 Å². The van der Waals surface area contributed by atoms with Crippen molar-refractivity contribution in [1.29, 1.82) is 0 Å². The Morgan fingerprint density at radius 1 is 1.00 bits per heavy atom. The van der Waals surface area contributed by atoms with Crippen LogP contribution in [0.2, 0.25) is 0 Å². The highest BCUT2D eigenvalue weighted by Gasteiger charge is 2.21. The number of phenolic OH excluding ortho intramolecular Hbond substituents is 1. The van der Waals surface area contributed by atoms with Crippen LogP contribution >= 0.6 is 24.0 Å². The van der Waals surface area contributed by atoms with Gasteiger partial charge in [-0.3, -0.25) is 0 Å². The van der Waals surface area contributed by atoms with Gasteiger partial charge in [-0.25, -0.2) is 9.67 Å². The Bertz CT molecular complexity index is 982. The first kappa shape index (κ1) is 22.9. The van der Waals surface area contributed by atoms with Crippen molar-refractivity contribution in [2.45, 2.75) is 13.5 Å². The number of nitrogens with zero attached hydrogens (tertiary/aromatic N) is 5. The van der Waals surface area contributed by atoms with Crippen molar-refractivity contribution < 1.29 is 5.11 Å². The van der Waals surface area contributed by atoms with Crippen LogP contribution in [0.5, 0.6) is 5.75 Å². The molecule has 1 aromatic heterocycles. The zero-order chi connectivity index (χ0) is 20.8. The van der Waals surface area contributed by atoms with Crippen LogP contribution in [-0.2, 0) is 6.54 Å². The van der Waals surface area contributed by atoms with Crippen LogP contribution in [0.15, 0.2) is 71.9 Å². The SMILES string of the molecule is CCNC(=NCc1ccn(-c2ccccc2)n1)N1CCN(c2ccccc2O)CC1.I. The number of anilines is 1. The number of hydrogen-bond donors (Lipinski definition) is 2. The second kappa shape index (κ2) is 11.0. The predicted octanol–water partition coefficient (Wildman–Crippen LogP) is 3.48. The number of benzene rings is 2. The zero-order valence-electron chi connectivity index (χ0n) is 17.7. The molecule has 1 aliphatic rings. The minimum absolute atomic E-state index is 0. The van der Waals surface area contributed by atoms with Gasteiger partial charge in [0, 0.05) is 38.9 Å². The minimum Gasteiger partial charge on any atom is -0.506 e. The standard InChI is InChI=1S/C23H28N6O.HI/c1-2-24-23(25-18-19-12-13-29(26-19)20-8-4-3-5-9-20)28-16-14-27(15-17-28)21-10-6-7-11-22(21)30;/h3-13,30H,2,14-18H2,1H3,(H,24,25);1H. The van der Waals surface area contributed by atoms with Gasteiger partial charge in [0.05, 0.1) is 23.6 Å². The topological polar surface area (TPSA) is 68.9 Å². The predicted molar refractivity (Wildman–Crippen MR) is 136 cm³/mol. The fourth-order valence-corrected chi connectivity index (χ4v) is 3.64. The van der Waals surface area contributed by atoms with E-state index in [0.29, 0.717) is 12.3 Å². The van der Waals surface area contributed by atoms with Crippen LogP contribution in [0, 0.1) is 0 Å². The third-order valence-corrected chi connectivity index (χ3v) is 5.19. The van der Waals surface area contributed by atoms with Gasteiger partial charge < -0.3 is 20.2 Å². The highest BCUT2D eigenvalue weighted by Crippen LogP contribution is 2.27. The summed E-state index contributed by atoms with van der Waals surface area (Å²) in [7, 11) is 0. The average Bonchev–Trinajstić information content (AvgIpc) is 3.27. The van der Waals surface area contributed by atoms with E-state index in [1.165, 1.54) is 0 Å². The quantitative estimate of drug-likeness (QED) is 0.299. The van der Waals surface area contributed by atoms with Crippen molar-refractivity contribution >= 4 is 35.6 Å². The van der Waals surface area contributed by atoms with E-state index in [0.717, 1.165) is 55.8 Å². The van der Waals surface area contributed by atoms with Gasteiger partial charge in [-0.2, -0.15) is 5.10 Å². The number of aromatic hydroxyl groups is 1. The Morgan fingerprint density at radius 3 is 2.42 bits per heavy atom. The molecule has 4 rings (SSSR count). The first-order chi connectivity index (χ1) is 14.7. The van der Waals surface area contributed by atoms with Gasteiger partial charge in [0.15, 0.2) is 5.96 Å². The van der Waals surface area contributed by atoms with E-state index in [1.54, 1.807) is 6.07 Å². The Kier molecular flexibility index (Phi) is 8.16. The lowest BCUT2D eigenvalue weighted by atomic mass is 10.2. The smallest absolute Gasteiger partial charge is 0.194 e. The largest absolute Gasteiger partial charge is 0.506 e. The molecule has 2 heterocycles. The molecule has 0 atom stereocenters. The fourth-order valence-electron chi connectivity index (χ4n) is 3.64. The Morgan fingerprint density at radius 2 is 1.71 bits per heavy atom. The summed E-state index contributed by atoms with van der Waals surface area (Å²) < 4.78 is 1.88. The van der Waals surface area contributed by atoms with Gasteiger partial charge in [0.25, 0.3) is 0 Å². The lowest BCUT2D eigenvalue weighted by Crippen LogP contribution is -2.52. The molecule has 0 amide bonds. The molecule has 0 aliphatic carbocycles. The molecule has 1 saturated heterocycles. The summed E-state index contributed by atoms with van der Waals surface area (Å²) in [5.74, 6) is 1.24. The summed E-state index contributed by atoms with van der Waals surface area (Å²) in [6.07, 6.45) is 1.97. The molecular formula is C23H29IN6O. The van der Waals surface area contributed by atoms with E-state index < -0.39 is 0 Å². The molecule has 8 heteroatoms. The molecule has 0 unspecified atom stereocenters. The van der Waals surface area contributed by atoms with Gasteiger partial charge in [-0.05, 0) is 37.3 Å². The highest BCUT2D eigenvalue weighted by atomic mass is 127. The van der Waals surface area contributed by atoms with Crippen molar-refractivity contribution in [2.24, 2.45) is 4.99 Å². The zero-order valence-corrected chi connectivity index (χ0v) is 20.0. The monoisotopic (exact) mass is 532 g/mol. The summed E-state index contributed by atoms with van der Waals surface area (Å²) >= 11 is 0. The molecule has 3 aromatic rings. The third kappa shape index (κ3) is 5.69. The number of halogens is 1. The molecule has 164 valence electrons. The van der Waals surface area contributed by atoms with E-state index in [4.69, 9.17) is 4.99 Å². The molecule has 0 saturated carbocycles. The molecule has 1 fully saturated rings. The van der Waals surface area contributed by atoms with Crippen LogP contribution in [0.25, 0.3) is 5.69 Å². The number of rotatable bonds is 5. The van der Waals surface area contributed by atoms with E-state index >= 15 is 0 Å². The number of para-hydroxylation sites is 3. The maximum Gasteiger partial charge on any atom is 0.194 e. The van der Waals surface area contributed by atoms with E-state index in [-0.39, 0.29) is 24.0 Å². The van der Waals surface area contributed by atoms with Crippen molar-refractivity contribution in [3.8, 4) is 11.4 Å². The lowest BCUT2D eigenvalue weighted by molar-refractivity contribution is 0.369. The molecular weight excluding hydrogens is 503 g/mol. The summed E-state index contributed by atoms with van der Waals surface area (Å²) in [6, 6.07) is 19.6. The maximum absolute atomic E-state index is 10.1. The molecule has 1 aliphatic heterocycles. The summed E-state index contributed by atoms with van der Waals surface area (Å²) in [5.41, 5.74) is 2.87. The Hall–Kier alpha value is -2.75. The van der Waals surface area contributed by atoms with Crippen LogP contribution in [0.4, 0.5) is 5.69 Å². The number of aliphatic imine (C=N–C) groups is 1.